The van der Waals surface area contributed by atoms with E-state index in [2.05, 4.69) is 0 Å². The van der Waals surface area contributed by atoms with Crippen LogP contribution >= 0.6 is 0 Å². The summed E-state index contributed by atoms with van der Waals surface area (Å²) in [5.41, 5.74) is 0.907. The number of Topliss-reactive ketones (excluding diaryl/α,β-unsaturated/α-hetero) is 1. The summed E-state index contributed by atoms with van der Waals surface area (Å²) in [5, 5.41) is 9.06. The van der Waals surface area contributed by atoms with Crippen molar-refractivity contribution >= 4 is 11.9 Å². The first-order valence-electron chi connectivity index (χ1n) is 5.68. The van der Waals surface area contributed by atoms with E-state index < -0.39 is 5.82 Å². The summed E-state index contributed by atoms with van der Waals surface area (Å²) in [5.74, 6) is -0.773. The van der Waals surface area contributed by atoms with Crippen molar-refractivity contribution in [2.45, 2.75) is 0 Å². The number of nitrogens with zero attached hydrogens (tertiary/aromatic N) is 1. The fourth-order valence-corrected chi connectivity index (χ4v) is 1.66. The highest BCUT2D eigenvalue weighted by Crippen LogP contribution is 2.13. The lowest BCUT2D eigenvalue weighted by Gasteiger charge is -1.99. The van der Waals surface area contributed by atoms with E-state index in [0.29, 0.717) is 11.1 Å². The SMILES string of the molecule is N#C/C(=C/c1cccc(F)c1)C(=O)c1ccccc1. The first-order chi connectivity index (χ1) is 9.20. The van der Waals surface area contributed by atoms with Crippen molar-refractivity contribution in [3.8, 4) is 6.07 Å². The smallest absolute Gasteiger partial charge is 0.203 e. The zero-order valence-corrected chi connectivity index (χ0v) is 10.0. The molecular weight excluding hydrogens is 241 g/mol. The number of allylic oxidation sites excluding steroid dienone is 1. The minimum atomic E-state index is -0.404. The highest BCUT2D eigenvalue weighted by Gasteiger charge is 2.11. The van der Waals surface area contributed by atoms with Gasteiger partial charge in [0.15, 0.2) is 0 Å². The molecule has 2 aromatic rings. The van der Waals surface area contributed by atoms with Crippen LogP contribution in [0.3, 0.4) is 0 Å². The van der Waals surface area contributed by atoms with Gasteiger partial charge in [0.1, 0.15) is 17.5 Å². The first-order valence-corrected chi connectivity index (χ1v) is 5.68. The van der Waals surface area contributed by atoms with E-state index in [-0.39, 0.29) is 11.4 Å². The van der Waals surface area contributed by atoms with E-state index >= 15 is 0 Å². The van der Waals surface area contributed by atoms with Gasteiger partial charge in [-0.3, -0.25) is 4.79 Å². The molecular formula is C16H10FNO. The van der Waals surface area contributed by atoms with Gasteiger partial charge >= 0.3 is 0 Å². The van der Waals surface area contributed by atoms with Gasteiger partial charge in [0.2, 0.25) is 5.78 Å². The Bertz CT molecular complexity index is 669. The summed E-state index contributed by atoms with van der Waals surface area (Å²) < 4.78 is 13.0. The normalized spacial score (nSPS) is 10.8. The van der Waals surface area contributed by atoms with Crippen molar-refractivity contribution in [1.82, 2.24) is 0 Å². The third-order valence-corrected chi connectivity index (χ3v) is 2.56. The molecule has 0 amide bonds. The molecule has 0 atom stereocenters. The summed E-state index contributed by atoms with van der Waals surface area (Å²) in [7, 11) is 0. The highest BCUT2D eigenvalue weighted by molar-refractivity contribution is 6.13. The molecule has 0 fully saturated rings. The Morgan fingerprint density at radius 2 is 1.84 bits per heavy atom. The van der Waals surface area contributed by atoms with Crippen LogP contribution in [0.15, 0.2) is 60.2 Å². The molecule has 0 radical (unpaired) electrons. The standard InChI is InChI=1S/C16H10FNO/c17-15-8-4-5-12(10-15)9-14(11-18)16(19)13-6-2-1-3-7-13/h1-10H/b14-9-. The molecule has 0 unspecified atom stereocenters. The summed E-state index contributed by atoms with van der Waals surface area (Å²) in [6.07, 6.45) is 1.39. The molecule has 0 aliphatic heterocycles. The van der Waals surface area contributed by atoms with Gasteiger partial charge < -0.3 is 0 Å². The number of carbonyl (C=O) groups excluding carboxylic acids is 1. The van der Waals surface area contributed by atoms with Crippen LogP contribution in [-0.4, -0.2) is 5.78 Å². The molecule has 0 aliphatic rings. The molecule has 0 N–H and O–H groups in total. The lowest BCUT2D eigenvalue weighted by Crippen LogP contribution is -2.01. The molecule has 2 nitrogen and oxygen atoms in total. The molecule has 0 aliphatic carbocycles. The van der Waals surface area contributed by atoms with Gasteiger partial charge in [0, 0.05) is 5.56 Å². The van der Waals surface area contributed by atoms with Crippen LogP contribution in [0.2, 0.25) is 0 Å². The van der Waals surface area contributed by atoms with E-state index in [9.17, 15) is 9.18 Å². The topological polar surface area (TPSA) is 40.9 Å². The van der Waals surface area contributed by atoms with Crippen molar-refractivity contribution in [3.05, 3.63) is 77.1 Å². The molecule has 2 aromatic carbocycles. The van der Waals surface area contributed by atoms with Crippen LogP contribution in [0, 0.1) is 17.1 Å². The van der Waals surface area contributed by atoms with Crippen molar-refractivity contribution < 1.29 is 9.18 Å². The Balaban J connectivity index is 2.36. The van der Waals surface area contributed by atoms with Gasteiger partial charge in [-0.2, -0.15) is 5.26 Å². The summed E-state index contributed by atoms with van der Waals surface area (Å²) in [6, 6.07) is 16.1. The Labute approximate surface area is 110 Å². The molecule has 3 heteroatoms. The van der Waals surface area contributed by atoms with E-state index in [4.69, 9.17) is 5.26 Å². The third kappa shape index (κ3) is 3.14. The second-order valence-corrected chi connectivity index (χ2v) is 3.92. The fraction of sp³-hybridized carbons (Fsp3) is 0. The number of halogens is 1. The van der Waals surface area contributed by atoms with Gasteiger partial charge in [0.25, 0.3) is 0 Å². The molecule has 0 saturated heterocycles. The Hall–Kier alpha value is -2.73. The maximum Gasteiger partial charge on any atom is 0.203 e. The van der Waals surface area contributed by atoms with Crippen molar-refractivity contribution in [2.75, 3.05) is 0 Å². The molecule has 19 heavy (non-hydrogen) atoms. The zero-order chi connectivity index (χ0) is 13.7. The summed E-state index contributed by atoms with van der Waals surface area (Å²) in [4.78, 5) is 12.1. The number of rotatable bonds is 3. The van der Waals surface area contributed by atoms with Crippen LogP contribution in [0.5, 0.6) is 0 Å². The van der Waals surface area contributed by atoms with Gasteiger partial charge in [0.05, 0.1) is 0 Å². The first kappa shape index (κ1) is 12.7. The predicted octanol–water partition coefficient (Wildman–Crippen LogP) is 3.62. The van der Waals surface area contributed by atoms with Crippen molar-refractivity contribution in [3.63, 3.8) is 0 Å². The monoisotopic (exact) mass is 251 g/mol. The van der Waals surface area contributed by atoms with Gasteiger partial charge in [-0.15, -0.1) is 0 Å². The Morgan fingerprint density at radius 1 is 1.11 bits per heavy atom. The minimum Gasteiger partial charge on any atom is -0.288 e. The molecule has 92 valence electrons. The lowest BCUT2D eigenvalue weighted by molar-refractivity contribution is 0.104. The number of hydrogen-bond donors (Lipinski definition) is 0. The molecule has 2 rings (SSSR count). The number of hydrogen-bond acceptors (Lipinski definition) is 2. The molecule has 0 saturated carbocycles. The Kier molecular flexibility index (Phi) is 3.84. The molecule has 0 bridgehead atoms. The van der Waals surface area contributed by atoms with Gasteiger partial charge in [-0.05, 0) is 23.8 Å². The second-order valence-electron chi connectivity index (χ2n) is 3.92. The van der Waals surface area contributed by atoms with E-state index in [0.717, 1.165) is 0 Å². The van der Waals surface area contributed by atoms with E-state index in [1.165, 1.54) is 24.3 Å². The average molecular weight is 251 g/mol. The van der Waals surface area contributed by atoms with Crippen LogP contribution in [0.4, 0.5) is 4.39 Å². The number of ketones is 1. The maximum atomic E-state index is 13.0. The fourth-order valence-electron chi connectivity index (χ4n) is 1.66. The summed E-state index contributed by atoms with van der Waals surface area (Å²) >= 11 is 0. The predicted molar refractivity (Wildman–Crippen MR) is 70.8 cm³/mol. The van der Waals surface area contributed by atoms with Gasteiger partial charge in [-0.1, -0.05) is 42.5 Å². The van der Waals surface area contributed by atoms with Crippen LogP contribution in [-0.2, 0) is 0 Å². The van der Waals surface area contributed by atoms with Crippen LogP contribution < -0.4 is 0 Å². The lowest BCUT2D eigenvalue weighted by atomic mass is 10.0. The molecule has 0 aromatic heterocycles. The highest BCUT2D eigenvalue weighted by atomic mass is 19.1. The maximum absolute atomic E-state index is 13.0. The van der Waals surface area contributed by atoms with Crippen molar-refractivity contribution in [2.24, 2.45) is 0 Å². The zero-order valence-electron chi connectivity index (χ0n) is 10.0. The van der Waals surface area contributed by atoms with Crippen LogP contribution in [0.1, 0.15) is 15.9 Å². The largest absolute Gasteiger partial charge is 0.288 e. The average Bonchev–Trinajstić information content (AvgIpc) is 2.45. The van der Waals surface area contributed by atoms with E-state index in [1.54, 1.807) is 36.4 Å². The van der Waals surface area contributed by atoms with Gasteiger partial charge in [-0.25, -0.2) is 4.39 Å². The summed E-state index contributed by atoms with van der Waals surface area (Å²) in [6.45, 7) is 0. The number of benzene rings is 2. The number of nitriles is 1. The molecule has 0 spiro atoms. The van der Waals surface area contributed by atoms with Crippen molar-refractivity contribution in [1.29, 1.82) is 5.26 Å². The molecule has 0 heterocycles. The second kappa shape index (κ2) is 5.74. The Morgan fingerprint density at radius 3 is 2.47 bits per heavy atom. The third-order valence-electron chi connectivity index (χ3n) is 2.56. The van der Waals surface area contributed by atoms with E-state index in [1.807, 2.05) is 6.07 Å². The minimum absolute atomic E-state index is 0.0169. The quantitative estimate of drug-likeness (QED) is 0.475. The number of carbonyl (C=O) groups is 1. The van der Waals surface area contributed by atoms with Crippen LogP contribution in [0.25, 0.3) is 6.08 Å².